The molecule has 2 unspecified atom stereocenters. The topological polar surface area (TPSA) is 91.2 Å². The van der Waals surface area contributed by atoms with Gasteiger partial charge in [-0.1, -0.05) is 11.8 Å². The third-order valence-corrected chi connectivity index (χ3v) is 3.76. The number of carbonyl (C=O) groups is 1. The van der Waals surface area contributed by atoms with Crippen LogP contribution in [0.25, 0.3) is 0 Å². The minimum atomic E-state index is -0.432. The summed E-state index contributed by atoms with van der Waals surface area (Å²) in [6.07, 6.45) is 3.19. The van der Waals surface area contributed by atoms with Crippen molar-refractivity contribution in [3.63, 3.8) is 0 Å². The van der Waals surface area contributed by atoms with Gasteiger partial charge in [0.25, 0.3) is 5.91 Å². The van der Waals surface area contributed by atoms with E-state index < -0.39 is 6.17 Å². The lowest BCUT2D eigenvalue weighted by Crippen LogP contribution is -2.53. The summed E-state index contributed by atoms with van der Waals surface area (Å²) in [5, 5.41) is 18.8. The molecule has 132 valence electrons. The van der Waals surface area contributed by atoms with Crippen LogP contribution < -0.4 is 16.1 Å². The van der Waals surface area contributed by atoms with Crippen LogP contribution in [0, 0.1) is 11.8 Å². The van der Waals surface area contributed by atoms with Gasteiger partial charge in [-0.25, -0.2) is 0 Å². The van der Waals surface area contributed by atoms with Crippen molar-refractivity contribution in [2.45, 2.75) is 32.6 Å². The summed E-state index contributed by atoms with van der Waals surface area (Å²) in [6.45, 7) is 4.62. The Morgan fingerprint density at radius 3 is 2.52 bits per heavy atom. The second-order valence-corrected chi connectivity index (χ2v) is 5.57. The van der Waals surface area contributed by atoms with Gasteiger partial charge in [0, 0.05) is 23.9 Å². The van der Waals surface area contributed by atoms with Crippen molar-refractivity contribution in [3.8, 4) is 11.8 Å². The van der Waals surface area contributed by atoms with Gasteiger partial charge in [-0.05, 0) is 45.2 Å². The molecular weight excluding hydrogens is 318 g/mol. The average molecular weight is 341 g/mol. The molecule has 0 spiro atoms. The lowest BCUT2D eigenvalue weighted by molar-refractivity contribution is 0.0810. The van der Waals surface area contributed by atoms with Gasteiger partial charge in [-0.2, -0.15) is 10.6 Å². The maximum Gasteiger partial charge on any atom is 0.251 e. The van der Waals surface area contributed by atoms with E-state index in [1.165, 1.54) is 0 Å². The molecule has 4 N–H and O–H groups in total. The number of hydroxylamine groups is 1. The lowest BCUT2D eigenvalue weighted by Gasteiger charge is -2.22. The minimum Gasteiger partial charge on any atom is -0.347 e. The molecule has 0 saturated heterocycles. The van der Waals surface area contributed by atoms with Gasteiger partial charge in [-0.3, -0.25) is 9.48 Å². The molecule has 0 radical (unpaired) electrons. The van der Waals surface area contributed by atoms with E-state index in [9.17, 15) is 4.79 Å². The first-order valence-electron chi connectivity index (χ1n) is 8.09. The molecule has 2 atom stereocenters. The summed E-state index contributed by atoms with van der Waals surface area (Å²) < 4.78 is 1.82. The van der Waals surface area contributed by atoms with Gasteiger partial charge in [0.1, 0.15) is 6.17 Å². The third kappa shape index (κ3) is 5.16. The molecule has 0 aliphatic rings. The number of aromatic nitrogens is 2. The van der Waals surface area contributed by atoms with Crippen molar-refractivity contribution in [3.05, 3.63) is 53.3 Å². The largest absolute Gasteiger partial charge is 0.347 e. The van der Waals surface area contributed by atoms with Crippen LogP contribution in [0.3, 0.4) is 0 Å². The Kier molecular flexibility index (Phi) is 6.71. The Labute approximate surface area is 147 Å². The smallest absolute Gasteiger partial charge is 0.251 e. The van der Waals surface area contributed by atoms with Gasteiger partial charge in [0.15, 0.2) is 0 Å². The molecule has 25 heavy (non-hydrogen) atoms. The first-order chi connectivity index (χ1) is 12.1. The first-order valence-corrected chi connectivity index (χ1v) is 8.09. The van der Waals surface area contributed by atoms with E-state index in [-0.39, 0.29) is 11.9 Å². The molecule has 1 aromatic heterocycles. The van der Waals surface area contributed by atoms with E-state index in [0.29, 0.717) is 5.56 Å². The fourth-order valence-electron chi connectivity index (χ4n) is 2.25. The number of benzene rings is 1. The highest BCUT2D eigenvalue weighted by molar-refractivity contribution is 5.94. The maximum atomic E-state index is 12.2. The predicted octanol–water partition coefficient (Wildman–Crippen LogP) is 0.945. The number of likely N-dealkylation sites (N-methyl/N-ethyl adjacent to an activating group) is 1. The summed E-state index contributed by atoms with van der Waals surface area (Å²) in [5.74, 6) is 5.89. The zero-order valence-corrected chi connectivity index (χ0v) is 14.6. The molecule has 0 saturated carbocycles. The molecule has 7 nitrogen and oxygen atoms in total. The van der Waals surface area contributed by atoms with Gasteiger partial charge in [-0.15, -0.1) is 0 Å². The molecule has 2 aromatic rings. The van der Waals surface area contributed by atoms with Crippen molar-refractivity contribution in [1.82, 2.24) is 25.9 Å². The van der Waals surface area contributed by atoms with Crippen LogP contribution in [-0.4, -0.2) is 40.2 Å². The molecule has 2 rings (SSSR count). The van der Waals surface area contributed by atoms with E-state index >= 15 is 0 Å². The van der Waals surface area contributed by atoms with Gasteiger partial charge in [0.2, 0.25) is 0 Å². The number of nitrogens with zero attached hydrogens (tertiary/aromatic N) is 2. The second-order valence-electron chi connectivity index (χ2n) is 5.57. The molecule has 1 amide bonds. The summed E-state index contributed by atoms with van der Waals surface area (Å²) in [4.78, 5) is 12.2. The van der Waals surface area contributed by atoms with E-state index in [1.54, 1.807) is 44.4 Å². The van der Waals surface area contributed by atoms with E-state index in [1.807, 2.05) is 17.8 Å². The summed E-state index contributed by atoms with van der Waals surface area (Å²) >= 11 is 0. The Morgan fingerprint density at radius 2 is 1.96 bits per heavy atom. The normalized spacial score (nSPS) is 12.8. The van der Waals surface area contributed by atoms with Crippen molar-refractivity contribution in [1.29, 1.82) is 0 Å². The van der Waals surface area contributed by atoms with Crippen molar-refractivity contribution in [2.75, 3.05) is 7.05 Å². The average Bonchev–Trinajstić information content (AvgIpc) is 3.09. The predicted molar refractivity (Wildman–Crippen MR) is 95.0 cm³/mol. The second kappa shape index (κ2) is 8.99. The Morgan fingerprint density at radius 1 is 1.28 bits per heavy atom. The standard InChI is InChI=1S/C18H23N5O2/c1-4-23-12-15(11-20-23)6-5-14-7-9-16(10-8-14)18(24)21-13(2)17(19-3)22-25/h7-13,17,19,22,25H,4H2,1-3H3,(H,21,24). The number of aryl methyl sites for hydroxylation is 1. The summed E-state index contributed by atoms with van der Waals surface area (Å²) in [5.41, 5.74) is 4.31. The summed E-state index contributed by atoms with van der Waals surface area (Å²) in [6, 6.07) is 6.76. The van der Waals surface area contributed by atoms with Gasteiger partial charge in [0.05, 0.1) is 17.8 Å². The summed E-state index contributed by atoms with van der Waals surface area (Å²) in [7, 11) is 1.69. The van der Waals surface area contributed by atoms with E-state index in [4.69, 9.17) is 5.21 Å². The quantitative estimate of drug-likeness (QED) is 0.357. The maximum absolute atomic E-state index is 12.2. The fraction of sp³-hybridized carbons (Fsp3) is 0.333. The van der Waals surface area contributed by atoms with Crippen LogP contribution in [-0.2, 0) is 6.54 Å². The zero-order valence-electron chi connectivity index (χ0n) is 14.6. The molecule has 1 aromatic carbocycles. The zero-order chi connectivity index (χ0) is 18.2. The van der Waals surface area contributed by atoms with Crippen LogP contribution in [0.15, 0.2) is 36.7 Å². The number of hydrogen-bond donors (Lipinski definition) is 4. The van der Waals surface area contributed by atoms with Crippen LogP contribution in [0.2, 0.25) is 0 Å². The Bertz CT molecular complexity index is 754. The Hall–Kier alpha value is -2.66. The number of hydrogen-bond acceptors (Lipinski definition) is 5. The molecule has 0 fully saturated rings. The van der Waals surface area contributed by atoms with E-state index in [0.717, 1.165) is 17.7 Å². The Balaban J connectivity index is 2.01. The number of carbonyl (C=O) groups excluding carboxylic acids is 1. The molecule has 0 aliphatic carbocycles. The number of nitrogens with one attached hydrogen (secondary N) is 3. The van der Waals surface area contributed by atoms with Gasteiger partial charge >= 0.3 is 0 Å². The van der Waals surface area contributed by atoms with Crippen LogP contribution in [0.5, 0.6) is 0 Å². The SMILES string of the molecule is CCn1cc(C#Cc2ccc(C(=O)NC(C)C(NC)NO)cc2)cn1. The van der Waals surface area contributed by atoms with Crippen molar-refractivity contribution < 1.29 is 10.0 Å². The molecule has 7 heteroatoms. The lowest BCUT2D eigenvalue weighted by atomic mass is 10.1. The third-order valence-electron chi connectivity index (χ3n) is 3.76. The monoisotopic (exact) mass is 341 g/mol. The molecule has 0 aliphatic heterocycles. The molecule has 0 bridgehead atoms. The van der Waals surface area contributed by atoms with Crippen LogP contribution in [0.4, 0.5) is 0 Å². The van der Waals surface area contributed by atoms with E-state index in [2.05, 4.69) is 33.1 Å². The number of rotatable bonds is 6. The van der Waals surface area contributed by atoms with Crippen LogP contribution >= 0.6 is 0 Å². The highest BCUT2D eigenvalue weighted by atomic mass is 16.5. The first kappa shape index (κ1) is 18.7. The van der Waals surface area contributed by atoms with Crippen molar-refractivity contribution in [2.24, 2.45) is 0 Å². The molecule has 1 heterocycles. The fourth-order valence-corrected chi connectivity index (χ4v) is 2.25. The number of amides is 1. The van der Waals surface area contributed by atoms with Crippen LogP contribution in [0.1, 0.15) is 35.3 Å². The highest BCUT2D eigenvalue weighted by Crippen LogP contribution is 2.05. The van der Waals surface area contributed by atoms with Crippen molar-refractivity contribution >= 4 is 5.91 Å². The minimum absolute atomic E-state index is 0.216. The molecular formula is C18H23N5O2. The van der Waals surface area contributed by atoms with Gasteiger partial charge < -0.3 is 15.8 Å². The highest BCUT2D eigenvalue weighted by Gasteiger charge is 2.17.